The van der Waals surface area contributed by atoms with Gasteiger partial charge in [-0.05, 0) is 36.3 Å². The average molecular weight is 503 g/mol. The fourth-order valence-electron chi connectivity index (χ4n) is 5.41. The van der Waals surface area contributed by atoms with Gasteiger partial charge in [0.1, 0.15) is 18.5 Å². The van der Waals surface area contributed by atoms with Crippen LogP contribution in [0.4, 0.5) is 0 Å². The van der Waals surface area contributed by atoms with Crippen LogP contribution in [0.5, 0.6) is 0 Å². The van der Waals surface area contributed by atoms with Crippen LogP contribution in [0.25, 0.3) is 0 Å². The largest absolute Gasteiger partial charge is 1.00 e. The number of halogens is 1. The van der Waals surface area contributed by atoms with E-state index in [2.05, 4.69) is 47.7 Å². The van der Waals surface area contributed by atoms with E-state index < -0.39 is 5.41 Å². The van der Waals surface area contributed by atoms with Crippen molar-refractivity contribution in [3.05, 3.63) is 71.8 Å². The summed E-state index contributed by atoms with van der Waals surface area (Å²) in [6.07, 6.45) is 3.09. The Balaban J connectivity index is 0.00000240. The molecule has 2 atom stereocenters. The Hall–Kier alpha value is -1.89. The Kier molecular flexibility index (Phi) is 6.66. The van der Waals surface area contributed by atoms with Crippen LogP contribution in [-0.2, 0) is 10.2 Å². The van der Waals surface area contributed by atoms with Crippen LogP contribution < -0.4 is 29.7 Å². The van der Waals surface area contributed by atoms with E-state index in [1.165, 1.54) is 5.84 Å². The van der Waals surface area contributed by atoms with Gasteiger partial charge in [-0.1, -0.05) is 60.7 Å². The summed E-state index contributed by atoms with van der Waals surface area (Å²) in [7, 11) is 2.16. The first kappa shape index (κ1) is 21.8. The second-order valence-electron chi connectivity index (χ2n) is 8.23. The topological polar surface area (TPSA) is 49.3 Å². The van der Waals surface area contributed by atoms with Gasteiger partial charge in [-0.3, -0.25) is 14.3 Å². The molecule has 0 spiro atoms. The lowest BCUT2D eigenvalue weighted by Gasteiger charge is -2.37. The van der Waals surface area contributed by atoms with Crippen molar-refractivity contribution < 1.29 is 33.3 Å². The minimum atomic E-state index is -0.781. The number of hydrogen-bond donors (Lipinski definition) is 1. The maximum atomic E-state index is 13.1. The van der Waals surface area contributed by atoms with E-state index in [0.717, 1.165) is 43.5 Å². The first-order chi connectivity index (χ1) is 13.5. The fourth-order valence-corrected chi connectivity index (χ4v) is 5.41. The molecule has 5 heteroatoms. The van der Waals surface area contributed by atoms with Crippen molar-refractivity contribution in [1.82, 2.24) is 4.90 Å². The molecule has 0 unspecified atom stereocenters. The number of hydrogen-bond acceptors (Lipinski definition) is 2. The van der Waals surface area contributed by atoms with Gasteiger partial charge in [0.25, 0.3) is 0 Å². The molecule has 0 bridgehead atoms. The third-order valence-corrected chi connectivity index (χ3v) is 6.95. The molecule has 0 aromatic heterocycles. The number of nitrogens with two attached hydrogens (primary N) is 1. The lowest BCUT2D eigenvalue weighted by atomic mass is 9.64. The van der Waals surface area contributed by atoms with Gasteiger partial charge in [-0.2, -0.15) is 0 Å². The zero-order valence-electron chi connectivity index (χ0n) is 17.2. The van der Waals surface area contributed by atoms with Gasteiger partial charge in [-0.25, -0.2) is 0 Å². The van der Waals surface area contributed by atoms with Crippen LogP contribution in [0, 0.1) is 5.92 Å². The van der Waals surface area contributed by atoms with E-state index in [0.29, 0.717) is 6.04 Å². The predicted molar refractivity (Wildman–Crippen MR) is 112 cm³/mol. The van der Waals surface area contributed by atoms with Crippen LogP contribution in [0.2, 0.25) is 0 Å². The van der Waals surface area contributed by atoms with Crippen molar-refractivity contribution >= 4 is 11.7 Å². The van der Waals surface area contributed by atoms with Gasteiger partial charge in [0.2, 0.25) is 11.7 Å². The highest BCUT2D eigenvalue weighted by Gasteiger charge is 2.52. The molecule has 4 nitrogen and oxygen atoms in total. The molecule has 2 aliphatic rings. The van der Waals surface area contributed by atoms with Crippen molar-refractivity contribution in [3.8, 4) is 0 Å². The highest BCUT2D eigenvalue weighted by atomic mass is 127. The van der Waals surface area contributed by atoms with E-state index >= 15 is 0 Å². The van der Waals surface area contributed by atoms with Crippen LogP contribution >= 0.6 is 0 Å². The normalized spacial score (nSPS) is 21.9. The molecule has 1 aliphatic carbocycles. The number of benzene rings is 2. The SMILES string of the molecule is CC1=[N+](C)CCN1[C@H]1CC[C@@H](C(C(N)=O)(c2ccccc2)c2ccccc2)C1.[I-]. The summed E-state index contributed by atoms with van der Waals surface area (Å²) in [4.78, 5) is 15.7. The summed E-state index contributed by atoms with van der Waals surface area (Å²) in [5, 5.41) is 0. The molecular formula is C24H30IN3O. The number of carbonyl (C=O) groups is 1. The fraction of sp³-hybridized carbons (Fsp3) is 0.417. The molecule has 29 heavy (non-hydrogen) atoms. The maximum Gasteiger partial charge on any atom is 0.243 e. The Labute approximate surface area is 190 Å². The monoisotopic (exact) mass is 503 g/mol. The highest BCUT2D eigenvalue weighted by molar-refractivity contribution is 5.91. The molecular weight excluding hydrogens is 473 g/mol. The minimum absolute atomic E-state index is 0. The second-order valence-corrected chi connectivity index (χ2v) is 8.23. The summed E-state index contributed by atoms with van der Waals surface area (Å²) in [5.74, 6) is 1.29. The van der Waals surface area contributed by atoms with E-state index in [1.54, 1.807) is 0 Å². The van der Waals surface area contributed by atoms with Crippen LogP contribution in [-0.4, -0.2) is 47.4 Å². The molecule has 2 aromatic carbocycles. The Morgan fingerprint density at radius 2 is 1.59 bits per heavy atom. The van der Waals surface area contributed by atoms with Crippen LogP contribution in [0.3, 0.4) is 0 Å². The first-order valence-electron chi connectivity index (χ1n) is 10.3. The molecule has 1 aliphatic heterocycles. The van der Waals surface area contributed by atoms with E-state index in [1.807, 2.05) is 36.4 Å². The smallest absolute Gasteiger partial charge is 0.243 e. The van der Waals surface area contributed by atoms with E-state index in [4.69, 9.17) is 5.73 Å². The van der Waals surface area contributed by atoms with Gasteiger partial charge < -0.3 is 29.7 Å². The number of nitrogens with zero attached hydrogens (tertiary/aromatic N) is 2. The summed E-state index contributed by atoms with van der Waals surface area (Å²) in [6.45, 7) is 4.35. The van der Waals surface area contributed by atoms with Gasteiger partial charge in [-0.15, -0.1) is 0 Å². The molecule has 1 saturated carbocycles. The van der Waals surface area contributed by atoms with Crippen LogP contribution in [0.15, 0.2) is 60.7 Å². The van der Waals surface area contributed by atoms with E-state index in [-0.39, 0.29) is 35.8 Å². The van der Waals surface area contributed by atoms with Crippen molar-refractivity contribution in [3.63, 3.8) is 0 Å². The van der Waals surface area contributed by atoms with Gasteiger partial charge in [0.05, 0.1) is 13.1 Å². The predicted octanol–water partition coefficient (Wildman–Crippen LogP) is 0.00700. The summed E-state index contributed by atoms with van der Waals surface area (Å²) < 4.78 is 2.32. The molecule has 154 valence electrons. The third kappa shape index (κ3) is 3.69. The van der Waals surface area contributed by atoms with Gasteiger partial charge in [0.15, 0.2) is 0 Å². The molecule has 0 radical (unpaired) electrons. The van der Waals surface area contributed by atoms with E-state index in [9.17, 15) is 4.79 Å². The number of amidine groups is 1. The van der Waals surface area contributed by atoms with Gasteiger partial charge >= 0.3 is 0 Å². The third-order valence-electron chi connectivity index (χ3n) is 6.95. The molecule has 1 amide bonds. The van der Waals surface area contributed by atoms with Crippen LogP contribution in [0.1, 0.15) is 37.3 Å². The van der Waals surface area contributed by atoms with Crippen molar-refractivity contribution in [2.45, 2.75) is 37.6 Å². The Bertz CT molecular complexity index is 842. The standard InChI is InChI=1S/C24H29N3O.HI/c1-18-26(2)15-16-27(18)22-14-13-21(17-22)24(23(25)28,19-9-5-3-6-10-19)20-11-7-4-8-12-20;/h3-12,21-22H,13-17H2,1-2H3,(H-,25,28);1H/t21-,22+;/m1./s1. The number of amides is 1. The first-order valence-corrected chi connectivity index (χ1v) is 10.3. The van der Waals surface area contributed by atoms with Gasteiger partial charge in [0, 0.05) is 6.92 Å². The molecule has 2 N–H and O–H groups in total. The Morgan fingerprint density at radius 3 is 2.03 bits per heavy atom. The molecule has 1 heterocycles. The lowest BCUT2D eigenvalue weighted by Crippen LogP contribution is -3.00. The van der Waals surface area contributed by atoms with Crippen molar-refractivity contribution in [2.24, 2.45) is 11.7 Å². The second kappa shape index (κ2) is 8.86. The average Bonchev–Trinajstić information content (AvgIpc) is 3.32. The number of primary amides is 1. The number of rotatable bonds is 5. The molecule has 1 fully saturated rings. The molecule has 4 rings (SSSR count). The highest BCUT2D eigenvalue weighted by Crippen LogP contribution is 2.48. The summed E-state index contributed by atoms with van der Waals surface area (Å²) >= 11 is 0. The summed E-state index contributed by atoms with van der Waals surface area (Å²) in [6, 6.07) is 20.8. The summed E-state index contributed by atoms with van der Waals surface area (Å²) in [5.41, 5.74) is 7.44. The maximum absolute atomic E-state index is 13.1. The zero-order valence-corrected chi connectivity index (χ0v) is 19.4. The Morgan fingerprint density at radius 1 is 1.03 bits per heavy atom. The number of carbonyl (C=O) groups excluding carboxylic acids is 1. The van der Waals surface area contributed by atoms with Crippen molar-refractivity contribution in [1.29, 1.82) is 0 Å². The lowest BCUT2D eigenvalue weighted by molar-refractivity contribution is -0.487. The minimum Gasteiger partial charge on any atom is -1.00 e. The number of likely N-dealkylation sites (N-methyl/N-ethyl adjacent to an activating group) is 1. The quantitative estimate of drug-likeness (QED) is 0.462. The molecule has 0 saturated heterocycles. The molecule has 2 aromatic rings. The van der Waals surface area contributed by atoms with Crippen molar-refractivity contribution in [2.75, 3.05) is 20.1 Å². The zero-order chi connectivity index (χ0) is 19.7.